The summed E-state index contributed by atoms with van der Waals surface area (Å²) in [5.74, 6) is -0.515. The van der Waals surface area contributed by atoms with E-state index in [0.29, 0.717) is 26.4 Å². The molecule has 0 aromatic heterocycles. The minimum atomic E-state index is -0.258. The monoisotopic (exact) mass is 292 g/mol. The average Bonchev–Trinajstić information content (AvgIpc) is 2.34. The Morgan fingerprint density at radius 1 is 0.900 bits per heavy atom. The van der Waals surface area contributed by atoms with E-state index in [4.69, 9.17) is 18.9 Å². The van der Waals surface area contributed by atoms with E-state index >= 15 is 0 Å². The molecule has 120 valence electrons. The van der Waals surface area contributed by atoms with E-state index in [1.54, 1.807) is 6.92 Å². The lowest BCUT2D eigenvalue weighted by molar-refractivity contribution is -0.148. The van der Waals surface area contributed by atoms with Gasteiger partial charge in [0.15, 0.2) is 0 Å². The first-order valence-electron chi connectivity index (χ1n) is 6.83. The molecule has 0 aromatic carbocycles. The third kappa shape index (κ3) is 19.2. The first-order valence-corrected chi connectivity index (χ1v) is 6.83. The summed E-state index contributed by atoms with van der Waals surface area (Å²) >= 11 is 0. The number of hydrogen-bond acceptors (Lipinski definition) is 6. The van der Waals surface area contributed by atoms with E-state index in [2.05, 4.69) is 0 Å². The lowest BCUT2D eigenvalue weighted by Crippen LogP contribution is -2.18. The van der Waals surface area contributed by atoms with Gasteiger partial charge in [-0.15, -0.1) is 0 Å². The molecule has 6 nitrogen and oxygen atoms in total. The minimum absolute atomic E-state index is 0.00824. The Balaban J connectivity index is 0. The molecular weight excluding hydrogens is 264 g/mol. The van der Waals surface area contributed by atoms with Gasteiger partial charge in [-0.25, -0.2) is 0 Å². The highest BCUT2D eigenvalue weighted by Gasteiger charge is 2.03. The zero-order valence-corrected chi connectivity index (χ0v) is 13.4. The number of esters is 2. The summed E-state index contributed by atoms with van der Waals surface area (Å²) in [6.45, 7) is 12.4. The van der Waals surface area contributed by atoms with Crippen LogP contribution >= 0.6 is 0 Å². The molecule has 0 heterocycles. The van der Waals surface area contributed by atoms with Crippen molar-refractivity contribution in [3.8, 4) is 0 Å². The molecule has 2 unspecified atom stereocenters. The van der Waals surface area contributed by atoms with Crippen LogP contribution in [0.25, 0.3) is 0 Å². The number of ether oxygens (including phenoxy) is 4. The summed E-state index contributed by atoms with van der Waals surface area (Å²) in [4.78, 5) is 20.6. The van der Waals surface area contributed by atoms with Crippen LogP contribution < -0.4 is 0 Å². The van der Waals surface area contributed by atoms with Crippen molar-refractivity contribution in [2.75, 3.05) is 26.4 Å². The maximum atomic E-state index is 10.3. The highest BCUT2D eigenvalue weighted by atomic mass is 16.6. The van der Waals surface area contributed by atoms with Crippen molar-refractivity contribution in [3.63, 3.8) is 0 Å². The van der Waals surface area contributed by atoms with E-state index < -0.39 is 0 Å². The maximum absolute atomic E-state index is 10.3. The molecule has 0 aromatic rings. The predicted molar refractivity (Wildman–Crippen MR) is 75.4 cm³/mol. The van der Waals surface area contributed by atoms with Gasteiger partial charge in [-0.2, -0.15) is 0 Å². The average molecular weight is 292 g/mol. The minimum Gasteiger partial charge on any atom is -0.463 e. The third-order valence-corrected chi connectivity index (χ3v) is 1.90. The van der Waals surface area contributed by atoms with Crippen molar-refractivity contribution in [1.82, 2.24) is 0 Å². The molecule has 2 atom stereocenters. The molecule has 6 heteroatoms. The van der Waals surface area contributed by atoms with Crippen LogP contribution in [0.3, 0.4) is 0 Å². The van der Waals surface area contributed by atoms with Gasteiger partial charge in [0.05, 0.1) is 12.7 Å². The van der Waals surface area contributed by atoms with Crippen molar-refractivity contribution in [2.24, 2.45) is 0 Å². The summed E-state index contributed by atoms with van der Waals surface area (Å²) in [6, 6.07) is 0. The molecule has 0 spiro atoms. The van der Waals surface area contributed by atoms with E-state index in [9.17, 15) is 9.59 Å². The second-order valence-electron chi connectivity index (χ2n) is 4.15. The van der Waals surface area contributed by atoms with Crippen LogP contribution in [0.5, 0.6) is 0 Å². The SMILES string of the molecule is CCOC(C)COC(C)=O.CCOCC(C)OC(C)=O. The molecule has 0 aliphatic carbocycles. The molecule has 0 bridgehead atoms. The van der Waals surface area contributed by atoms with E-state index in [0.717, 1.165) is 0 Å². The highest BCUT2D eigenvalue weighted by Crippen LogP contribution is 1.92. The van der Waals surface area contributed by atoms with E-state index in [-0.39, 0.29) is 24.1 Å². The molecule has 0 amide bonds. The van der Waals surface area contributed by atoms with Crippen molar-refractivity contribution < 1.29 is 28.5 Å². The van der Waals surface area contributed by atoms with Gasteiger partial charge in [0, 0.05) is 27.1 Å². The normalized spacial score (nSPS) is 12.7. The van der Waals surface area contributed by atoms with Gasteiger partial charge in [-0.1, -0.05) is 0 Å². The fraction of sp³-hybridized carbons (Fsp3) is 0.857. The largest absolute Gasteiger partial charge is 0.463 e. The molecule has 0 aliphatic rings. The summed E-state index contributed by atoms with van der Waals surface area (Å²) in [5, 5.41) is 0. The predicted octanol–water partition coefficient (Wildman–Crippen LogP) is 1.95. The highest BCUT2D eigenvalue weighted by molar-refractivity contribution is 5.66. The molecule has 0 aliphatic heterocycles. The Hall–Kier alpha value is -1.14. The molecule has 0 saturated carbocycles. The molecule has 0 rings (SSSR count). The van der Waals surface area contributed by atoms with Gasteiger partial charge in [-0.05, 0) is 27.7 Å². The molecule has 0 N–H and O–H groups in total. The van der Waals surface area contributed by atoms with Crippen LogP contribution in [-0.4, -0.2) is 50.6 Å². The Morgan fingerprint density at radius 3 is 1.90 bits per heavy atom. The van der Waals surface area contributed by atoms with E-state index in [1.165, 1.54) is 13.8 Å². The van der Waals surface area contributed by atoms with Crippen LogP contribution in [0, 0.1) is 0 Å². The van der Waals surface area contributed by atoms with Crippen molar-refractivity contribution in [3.05, 3.63) is 0 Å². The van der Waals surface area contributed by atoms with Crippen LogP contribution in [0.2, 0.25) is 0 Å². The van der Waals surface area contributed by atoms with Gasteiger partial charge >= 0.3 is 11.9 Å². The van der Waals surface area contributed by atoms with Crippen molar-refractivity contribution in [2.45, 2.75) is 53.8 Å². The number of carbonyl (C=O) groups is 2. The fourth-order valence-electron chi connectivity index (χ4n) is 1.17. The molecule has 0 fully saturated rings. The Morgan fingerprint density at radius 2 is 1.50 bits per heavy atom. The molecule has 0 radical (unpaired) electrons. The maximum Gasteiger partial charge on any atom is 0.302 e. The lowest BCUT2D eigenvalue weighted by Gasteiger charge is -2.10. The summed E-state index contributed by atoms with van der Waals surface area (Å²) < 4.78 is 19.6. The quantitative estimate of drug-likeness (QED) is 0.637. The first kappa shape index (κ1) is 21.2. The summed E-state index contributed by atoms with van der Waals surface area (Å²) in [7, 11) is 0. The van der Waals surface area contributed by atoms with Gasteiger partial charge in [0.2, 0.25) is 0 Å². The van der Waals surface area contributed by atoms with Crippen LogP contribution in [-0.2, 0) is 28.5 Å². The van der Waals surface area contributed by atoms with E-state index in [1.807, 2.05) is 20.8 Å². The molecule has 20 heavy (non-hydrogen) atoms. The van der Waals surface area contributed by atoms with Crippen molar-refractivity contribution >= 4 is 11.9 Å². The zero-order valence-electron chi connectivity index (χ0n) is 13.4. The Labute approximate surface area is 121 Å². The Kier molecular flexibility index (Phi) is 15.1. The standard InChI is InChI=1S/2C7H14O3/c1-4-9-6(2)5-10-7(3)8;1-4-9-5-6(2)10-7(3)8/h2*6H,4-5H2,1-3H3. The zero-order chi connectivity index (χ0) is 16.0. The smallest absolute Gasteiger partial charge is 0.302 e. The van der Waals surface area contributed by atoms with Gasteiger partial charge in [0.1, 0.15) is 12.7 Å². The summed E-state index contributed by atoms with van der Waals surface area (Å²) in [5.41, 5.74) is 0. The second-order valence-corrected chi connectivity index (χ2v) is 4.15. The van der Waals surface area contributed by atoms with Crippen LogP contribution in [0.15, 0.2) is 0 Å². The lowest BCUT2D eigenvalue weighted by atomic mass is 10.4. The van der Waals surface area contributed by atoms with Gasteiger partial charge in [-0.3, -0.25) is 9.59 Å². The van der Waals surface area contributed by atoms with Gasteiger partial charge < -0.3 is 18.9 Å². The fourth-order valence-corrected chi connectivity index (χ4v) is 1.17. The number of hydrogen-bond donors (Lipinski definition) is 0. The number of rotatable bonds is 8. The number of carbonyl (C=O) groups excluding carboxylic acids is 2. The molecule has 0 saturated heterocycles. The van der Waals surface area contributed by atoms with Crippen LogP contribution in [0.1, 0.15) is 41.5 Å². The molecular formula is C14H28O6. The topological polar surface area (TPSA) is 71.1 Å². The third-order valence-electron chi connectivity index (χ3n) is 1.90. The Bertz CT molecular complexity index is 254. The summed E-state index contributed by atoms with van der Waals surface area (Å²) in [6.07, 6.45) is -0.119. The first-order chi connectivity index (χ1) is 9.33. The van der Waals surface area contributed by atoms with Gasteiger partial charge in [0.25, 0.3) is 0 Å². The second kappa shape index (κ2) is 14.3. The van der Waals surface area contributed by atoms with Crippen LogP contribution in [0.4, 0.5) is 0 Å². The van der Waals surface area contributed by atoms with Crippen molar-refractivity contribution in [1.29, 1.82) is 0 Å².